The lowest BCUT2D eigenvalue weighted by Crippen LogP contribution is -2.12. The average molecular weight is 298 g/mol. The fourth-order valence-electron chi connectivity index (χ4n) is 1.78. The lowest BCUT2D eigenvalue weighted by Gasteiger charge is -2.22. The average Bonchev–Trinajstić information content (AvgIpc) is 2.35. The van der Waals surface area contributed by atoms with Gasteiger partial charge in [0.15, 0.2) is 5.78 Å². The van der Waals surface area contributed by atoms with Crippen LogP contribution < -0.4 is 0 Å². The number of hydrogen-bond acceptors (Lipinski definition) is 4. The predicted octanol–water partition coefficient (Wildman–Crippen LogP) is 4.30. The quantitative estimate of drug-likeness (QED) is 0.530. The lowest BCUT2D eigenvalue weighted by atomic mass is 10.1. The summed E-state index contributed by atoms with van der Waals surface area (Å²) in [6.45, 7) is 7.20. The molecular weight excluding hydrogens is 275 g/mol. The largest absolute Gasteiger partial charge is 0.331 e. The molecule has 0 aliphatic rings. The Morgan fingerprint density at radius 3 is 2.00 bits per heavy atom. The maximum atomic E-state index is 12.6. The fourth-order valence-corrected chi connectivity index (χ4v) is 3.80. The van der Waals surface area contributed by atoms with Crippen molar-refractivity contribution in [3.05, 3.63) is 35.9 Å². The predicted molar refractivity (Wildman–Crippen MR) is 80.3 cm³/mol. The molecule has 0 bridgehead atoms. The van der Waals surface area contributed by atoms with Gasteiger partial charge >= 0.3 is 7.60 Å². The molecule has 0 spiro atoms. The van der Waals surface area contributed by atoms with Gasteiger partial charge in [0.1, 0.15) is 0 Å². The van der Waals surface area contributed by atoms with E-state index in [4.69, 9.17) is 9.05 Å². The molecule has 4 nitrogen and oxygen atoms in total. The molecule has 0 unspecified atom stereocenters. The Hall–Kier alpha value is -0.960. The first kappa shape index (κ1) is 17.1. The molecule has 1 aromatic rings. The van der Waals surface area contributed by atoms with Crippen LogP contribution in [0.15, 0.2) is 30.3 Å². The Bertz CT molecular complexity index is 454. The van der Waals surface area contributed by atoms with Crippen molar-refractivity contribution in [3.8, 4) is 0 Å². The molecule has 0 N–H and O–H groups in total. The van der Waals surface area contributed by atoms with E-state index in [0.717, 1.165) is 0 Å². The summed E-state index contributed by atoms with van der Waals surface area (Å²) < 4.78 is 23.4. The number of hydrogen-bond donors (Lipinski definition) is 0. The van der Waals surface area contributed by atoms with E-state index in [-0.39, 0.29) is 30.6 Å². The highest BCUT2D eigenvalue weighted by Crippen LogP contribution is 2.51. The topological polar surface area (TPSA) is 52.6 Å². The molecule has 0 heterocycles. The number of carbonyl (C=O) groups excluding carboxylic acids is 1. The Kier molecular flexibility index (Phi) is 6.60. The van der Waals surface area contributed by atoms with E-state index in [1.54, 1.807) is 39.8 Å². The van der Waals surface area contributed by atoms with Crippen molar-refractivity contribution < 1.29 is 18.4 Å². The normalized spacial score (nSPS) is 12.1. The van der Waals surface area contributed by atoms with Crippen LogP contribution in [0.2, 0.25) is 0 Å². The molecule has 5 heteroatoms. The molecule has 0 radical (unpaired) electrons. The highest BCUT2D eigenvalue weighted by Gasteiger charge is 2.28. The van der Waals surface area contributed by atoms with Crippen LogP contribution >= 0.6 is 7.60 Å². The zero-order chi connectivity index (χ0) is 15.2. The van der Waals surface area contributed by atoms with Crippen LogP contribution in [0.4, 0.5) is 0 Å². The summed E-state index contributed by atoms with van der Waals surface area (Å²) in [5.41, 5.74) is 0.619. The van der Waals surface area contributed by atoms with Crippen LogP contribution in [-0.4, -0.2) is 24.2 Å². The minimum atomic E-state index is -3.23. The standard InChI is InChI=1S/C15H23O4P/c1-12(2)18-20(17,19-13(3)4)11-10-15(16)14-8-6-5-7-9-14/h5-9,12-13H,10-11H2,1-4H3. The van der Waals surface area contributed by atoms with E-state index >= 15 is 0 Å². The maximum Gasteiger partial charge on any atom is 0.331 e. The van der Waals surface area contributed by atoms with Crippen molar-refractivity contribution in [2.24, 2.45) is 0 Å². The van der Waals surface area contributed by atoms with E-state index < -0.39 is 7.60 Å². The number of rotatable bonds is 8. The number of Topliss-reactive ketones (excluding diaryl/α,β-unsaturated/α-hetero) is 1. The summed E-state index contributed by atoms with van der Waals surface area (Å²) in [4.78, 5) is 12.0. The minimum absolute atomic E-state index is 0.0504. The van der Waals surface area contributed by atoms with Crippen LogP contribution in [0, 0.1) is 0 Å². The summed E-state index contributed by atoms with van der Waals surface area (Å²) >= 11 is 0. The third-order valence-electron chi connectivity index (χ3n) is 2.45. The van der Waals surface area contributed by atoms with E-state index in [1.165, 1.54) is 0 Å². The molecule has 0 saturated heterocycles. The van der Waals surface area contributed by atoms with Crippen molar-refractivity contribution in [2.75, 3.05) is 6.16 Å². The molecule has 20 heavy (non-hydrogen) atoms. The van der Waals surface area contributed by atoms with Crippen LogP contribution in [0.25, 0.3) is 0 Å². The second-order valence-corrected chi connectivity index (χ2v) is 7.27. The second-order valence-electron chi connectivity index (χ2n) is 5.18. The van der Waals surface area contributed by atoms with Crippen LogP contribution in [-0.2, 0) is 13.6 Å². The molecule has 0 amide bonds. The van der Waals surface area contributed by atoms with E-state index in [1.807, 2.05) is 18.2 Å². The number of carbonyl (C=O) groups is 1. The van der Waals surface area contributed by atoms with Gasteiger partial charge in [-0.05, 0) is 27.7 Å². The van der Waals surface area contributed by atoms with Gasteiger partial charge in [0.25, 0.3) is 0 Å². The molecule has 112 valence electrons. The smallest absolute Gasteiger partial charge is 0.306 e. The first-order valence-electron chi connectivity index (χ1n) is 6.86. The molecular formula is C15H23O4P. The van der Waals surface area contributed by atoms with Crippen LogP contribution in [0.3, 0.4) is 0 Å². The highest BCUT2D eigenvalue weighted by molar-refractivity contribution is 7.53. The van der Waals surface area contributed by atoms with Gasteiger partial charge in [-0.2, -0.15) is 0 Å². The molecule has 0 saturated carbocycles. The summed E-state index contributed by atoms with van der Waals surface area (Å²) in [5.74, 6) is -0.0504. The summed E-state index contributed by atoms with van der Waals surface area (Å²) in [7, 11) is -3.23. The van der Waals surface area contributed by atoms with Gasteiger partial charge in [-0.15, -0.1) is 0 Å². The first-order chi connectivity index (χ1) is 9.32. The second kappa shape index (κ2) is 7.72. The molecule has 0 atom stereocenters. The summed E-state index contributed by atoms with van der Waals surface area (Å²) in [6.07, 6.45) is -0.143. The summed E-state index contributed by atoms with van der Waals surface area (Å²) in [5, 5.41) is 0. The molecule has 0 aliphatic heterocycles. The van der Waals surface area contributed by atoms with E-state index in [0.29, 0.717) is 5.56 Å². The fraction of sp³-hybridized carbons (Fsp3) is 0.533. The van der Waals surface area contributed by atoms with Gasteiger partial charge in [0.05, 0.1) is 18.4 Å². The van der Waals surface area contributed by atoms with E-state index in [9.17, 15) is 9.36 Å². The molecule has 1 rings (SSSR count). The Labute approximate surface area is 121 Å². The Morgan fingerprint density at radius 2 is 1.55 bits per heavy atom. The van der Waals surface area contributed by atoms with Gasteiger partial charge in [0, 0.05) is 12.0 Å². The Balaban J connectivity index is 2.67. The van der Waals surface area contributed by atoms with Gasteiger partial charge in [-0.25, -0.2) is 0 Å². The molecule has 1 aromatic carbocycles. The highest BCUT2D eigenvalue weighted by atomic mass is 31.2. The van der Waals surface area contributed by atoms with Crippen molar-refractivity contribution in [3.63, 3.8) is 0 Å². The zero-order valence-electron chi connectivity index (χ0n) is 12.5. The van der Waals surface area contributed by atoms with Crippen molar-refractivity contribution >= 4 is 13.4 Å². The maximum absolute atomic E-state index is 12.6. The molecule has 0 aliphatic carbocycles. The van der Waals surface area contributed by atoms with E-state index in [2.05, 4.69) is 0 Å². The monoisotopic (exact) mass is 298 g/mol. The van der Waals surface area contributed by atoms with Gasteiger partial charge in [-0.3, -0.25) is 9.36 Å². The summed E-state index contributed by atoms with van der Waals surface area (Å²) in [6, 6.07) is 8.97. The van der Waals surface area contributed by atoms with Crippen LogP contribution in [0.5, 0.6) is 0 Å². The molecule has 0 aromatic heterocycles. The third kappa shape index (κ3) is 6.00. The van der Waals surface area contributed by atoms with Gasteiger partial charge < -0.3 is 9.05 Å². The lowest BCUT2D eigenvalue weighted by molar-refractivity contribution is 0.0977. The zero-order valence-corrected chi connectivity index (χ0v) is 13.4. The Morgan fingerprint density at radius 1 is 1.05 bits per heavy atom. The third-order valence-corrected chi connectivity index (χ3v) is 4.71. The van der Waals surface area contributed by atoms with Crippen molar-refractivity contribution in [1.82, 2.24) is 0 Å². The molecule has 0 fully saturated rings. The minimum Gasteiger partial charge on any atom is -0.306 e. The van der Waals surface area contributed by atoms with Gasteiger partial charge in [0.2, 0.25) is 0 Å². The number of benzene rings is 1. The van der Waals surface area contributed by atoms with Crippen LogP contribution in [0.1, 0.15) is 44.5 Å². The first-order valence-corrected chi connectivity index (χ1v) is 8.59. The van der Waals surface area contributed by atoms with Gasteiger partial charge in [-0.1, -0.05) is 30.3 Å². The SMILES string of the molecule is CC(C)OP(=O)(CCC(=O)c1ccccc1)OC(C)C. The van der Waals surface area contributed by atoms with Crippen molar-refractivity contribution in [2.45, 2.75) is 46.3 Å². The number of ketones is 1. The van der Waals surface area contributed by atoms with Crippen molar-refractivity contribution in [1.29, 1.82) is 0 Å².